The van der Waals surface area contributed by atoms with Crippen LogP contribution >= 0.6 is 11.3 Å². The average Bonchev–Trinajstić information content (AvgIpc) is 3.24. The van der Waals surface area contributed by atoms with Crippen molar-refractivity contribution in [3.63, 3.8) is 0 Å². The Hall–Kier alpha value is -3.08. The molecule has 0 radical (unpaired) electrons. The lowest BCUT2D eigenvalue weighted by Crippen LogP contribution is -2.36. The molecule has 1 aliphatic rings. The zero-order valence-corrected chi connectivity index (χ0v) is 23.3. The third-order valence-electron chi connectivity index (χ3n) is 6.71. The van der Waals surface area contributed by atoms with Gasteiger partial charge in [-0.15, -0.1) is 11.3 Å². The first-order valence-electron chi connectivity index (χ1n) is 12.3. The molecule has 38 heavy (non-hydrogen) atoms. The van der Waals surface area contributed by atoms with Crippen LogP contribution in [0, 0.1) is 12.7 Å². The van der Waals surface area contributed by atoms with E-state index >= 15 is 0 Å². The summed E-state index contributed by atoms with van der Waals surface area (Å²) in [5, 5.41) is 0. The molecule has 1 aromatic heterocycles. The Morgan fingerprint density at radius 3 is 2.61 bits per heavy atom. The van der Waals surface area contributed by atoms with Crippen LogP contribution in [0.4, 0.5) is 4.39 Å². The maximum atomic E-state index is 14.5. The summed E-state index contributed by atoms with van der Waals surface area (Å²) < 4.78 is 54.1. The summed E-state index contributed by atoms with van der Waals surface area (Å²) in [5.74, 6) is -1.72. The number of fused-ring (bicyclic) bond motifs is 1. The van der Waals surface area contributed by atoms with Crippen LogP contribution in [0.5, 0.6) is 5.75 Å². The lowest BCUT2D eigenvalue weighted by atomic mass is 9.91. The van der Waals surface area contributed by atoms with Crippen molar-refractivity contribution in [1.29, 1.82) is 0 Å². The molecule has 4 rings (SSSR count). The largest absolute Gasteiger partial charge is 0.488 e. The molecule has 0 spiro atoms. The summed E-state index contributed by atoms with van der Waals surface area (Å²) in [6.07, 6.45) is 0.253. The van der Waals surface area contributed by atoms with Gasteiger partial charge in [-0.3, -0.25) is 9.59 Å². The number of aryl methyl sites for hydroxylation is 1. The van der Waals surface area contributed by atoms with Gasteiger partial charge in [0.1, 0.15) is 27.4 Å². The quantitative estimate of drug-likeness (QED) is 0.269. The lowest BCUT2D eigenvalue weighted by Gasteiger charge is -2.24. The molecule has 2 atom stereocenters. The van der Waals surface area contributed by atoms with E-state index in [-0.39, 0.29) is 41.2 Å². The molecule has 0 amide bonds. The van der Waals surface area contributed by atoms with Crippen LogP contribution in [0.25, 0.3) is 0 Å². The predicted octanol–water partition coefficient (Wildman–Crippen LogP) is 5.46. The summed E-state index contributed by atoms with van der Waals surface area (Å²) in [5.41, 5.74) is 2.32. The number of benzene rings is 2. The molecule has 0 bridgehead atoms. The number of nitrogens with zero attached hydrogens (tertiary/aromatic N) is 1. The number of ketones is 1. The Bertz CT molecular complexity index is 1470. The van der Waals surface area contributed by atoms with Gasteiger partial charge in [-0.05, 0) is 48.2 Å². The number of hydrogen-bond donors (Lipinski definition) is 0. The van der Waals surface area contributed by atoms with Crippen molar-refractivity contribution in [2.75, 3.05) is 13.7 Å². The van der Waals surface area contributed by atoms with Crippen molar-refractivity contribution >= 4 is 33.1 Å². The molecule has 0 N–H and O–H groups in total. The van der Waals surface area contributed by atoms with E-state index in [4.69, 9.17) is 9.47 Å². The number of thiophene rings is 1. The van der Waals surface area contributed by atoms with Crippen molar-refractivity contribution in [2.24, 2.45) is 0 Å². The molecular weight excluding hydrogens is 529 g/mol. The van der Waals surface area contributed by atoms with Crippen LogP contribution in [0.15, 0.2) is 53.4 Å². The van der Waals surface area contributed by atoms with Gasteiger partial charge in [0, 0.05) is 24.3 Å². The molecule has 0 aliphatic carbocycles. The van der Waals surface area contributed by atoms with Crippen molar-refractivity contribution in [2.45, 2.75) is 57.1 Å². The maximum Gasteiger partial charge on any atom is 0.306 e. The highest BCUT2D eigenvalue weighted by atomic mass is 32.2. The second kappa shape index (κ2) is 11.3. The molecule has 0 saturated carbocycles. The van der Waals surface area contributed by atoms with Gasteiger partial charge in [-0.25, -0.2) is 12.8 Å². The van der Waals surface area contributed by atoms with E-state index in [0.29, 0.717) is 22.6 Å². The molecule has 1 unspecified atom stereocenters. The average molecular weight is 560 g/mol. The summed E-state index contributed by atoms with van der Waals surface area (Å²) in [6, 6.07) is 13.5. The van der Waals surface area contributed by atoms with E-state index in [1.54, 1.807) is 24.3 Å². The van der Waals surface area contributed by atoms with Gasteiger partial charge in [-0.1, -0.05) is 37.3 Å². The van der Waals surface area contributed by atoms with Crippen molar-refractivity contribution in [3.8, 4) is 5.75 Å². The van der Waals surface area contributed by atoms with Gasteiger partial charge < -0.3 is 9.47 Å². The molecule has 10 heteroatoms. The molecule has 1 aliphatic heterocycles. The van der Waals surface area contributed by atoms with Crippen molar-refractivity contribution in [1.82, 2.24) is 4.31 Å². The molecule has 2 heterocycles. The van der Waals surface area contributed by atoms with E-state index in [1.165, 1.54) is 24.4 Å². The van der Waals surface area contributed by atoms with Crippen molar-refractivity contribution < 1.29 is 31.9 Å². The molecule has 202 valence electrons. The fourth-order valence-electron chi connectivity index (χ4n) is 4.50. The normalized spacial score (nSPS) is 17.7. The molecular formula is C28H30FNO6S2. The highest BCUT2D eigenvalue weighted by molar-refractivity contribution is 7.89. The van der Waals surface area contributed by atoms with Crippen LogP contribution in [0.1, 0.15) is 63.8 Å². The first-order chi connectivity index (χ1) is 18.0. The zero-order valence-electron chi connectivity index (χ0n) is 21.7. The van der Waals surface area contributed by atoms with E-state index in [2.05, 4.69) is 0 Å². The molecule has 0 saturated heterocycles. The third kappa shape index (κ3) is 5.67. The SMILES string of the molecule is CC[C@@H]1CN(Cc2cc(C(CC(=O)OC)c3cc(F)c(C(C)=O)s3)ccc2C)S(=O)(=O)c2ccccc2O1. The summed E-state index contributed by atoms with van der Waals surface area (Å²) >= 11 is 1.01. The summed E-state index contributed by atoms with van der Waals surface area (Å²) in [7, 11) is -2.57. The highest BCUT2D eigenvalue weighted by Gasteiger charge is 2.34. The van der Waals surface area contributed by atoms with Gasteiger partial charge in [0.15, 0.2) is 5.78 Å². The third-order valence-corrected chi connectivity index (χ3v) is 9.89. The first kappa shape index (κ1) is 27.9. The van der Waals surface area contributed by atoms with Gasteiger partial charge >= 0.3 is 5.97 Å². The number of methoxy groups -OCH3 is 1. The Morgan fingerprint density at radius 1 is 1.21 bits per heavy atom. The monoisotopic (exact) mass is 559 g/mol. The number of para-hydroxylation sites is 1. The number of ether oxygens (including phenoxy) is 2. The zero-order chi connectivity index (χ0) is 27.6. The minimum Gasteiger partial charge on any atom is -0.488 e. The van der Waals surface area contributed by atoms with Crippen LogP contribution in [-0.2, 0) is 26.1 Å². The predicted molar refractivity (Wildman–Crippen MR) is 143 cm³/mol. The first-order valence-corrected chi connectivity index (χ1v) is 14.5. The topological polar surface area (TPSA) is 90.0 Å². The van der Waals surface area contributed by atoms with E-state index in [1.807, 2.05) is 32.0 Å². The Morgan fingerprint density at radius 2 is 1.95 bits per heavy atom. The number of rotatable bonds is 8. The number of halogens is 1. The van der Waals surface area contributed by atoms with E-state index < -0.39 is 27.7 Å². The highest BCUT2D eigenvalue weighted by Crippen LogP contribution is 2.37. The van der Waals surface area contributed by atoms with Crippen LogP contribution in [-0.4, -0.2) is 44.2 Å². The van der Waals surface area contributed by atoms with E-state index in [0.717, 1.165) is 22.5 Å². The van der Waals surface area contributed by atoms with Gasteiger partial charge in [-0.2, -0.15) is 4.31 Å². The standard InChI is InChI=1S/C28H30FNO6S2/c1-5-21-16-30(38(33,34)26-9-7-6-8-24(26)36-21)15-20-12-19(11-10-17(20)2)22(13-27(32)35-4)25-14-23(29)28(37-25)18(3)31/h6-12,14,21-22H,5,13,15-16H2,1-4H3/t21-,22?/m1/s1. The minimum absolute atomic E-state index is 0.00198. The van der Waals surface area contributed by atoms with Gasteiger partial charge in [0.05, 0.1) is 20.1 Å². The Kier molecular flexibility index (Phi) is 8.34. The lowest BCUT2D eigenvalue weighted by molar-refractivity contribution is -0.140. The number of hydrogen-bond acceptors (Lipinski definition) is 7. The van der Waals surface area contributed by atoms with Crippen LogP contribution in [0.2, 0.25) is 0 Å². The molecule has 2 aromatic carbocycles. The van der Waals surface area contributed by atoms with Crippen LogP contribution in [0.3, 0.4) is 0 Å². The second-order valence-corrected chi connectivity index (χ2v) is 12.3. The molecule has 3 aromatic rings. The fourth-order valence-corrected chi connectivity index (χ4v) is 7.13. The molecule has 0 fully saturated rings. The maximum absolute atomic E-state index is 14.5. The van der Waals surface area contributed by atoms with Gasteiger partial charge in [0.25, 0.3) is 0 Å². The second-order valence-electron chi connectivity index (χ2n) is 9.29. The number of esters is 1. The minimum atomic E-state index is -3.85. The van der Waals surface area contributed by atoms with Crippen LogP contribution < -0.4 is 4.74 Å². The fraction of sp³-hybridized carbons (Fsp3) is 0.357. The smallest absolute Gasteiger partial charge is 0.306 e. The number of carbonyl (C=O) groups is 2. The van der Waals surface area contributed by atoms with E-state index in [9.17, 15) is 22.4 Å². The Labute approximate surface area is 226 Å². The number of sulfonamides is 1. The number of Topliss-reactive ketones (excluding diaryl/α,β-unsaturated/α-hetero) is 1. The molecule has 7 nitrogen and oxygen atoms in total. The van der Waals surface area contributed by atoms with Gasteiger partial charge in [0.2, 0.25) is 10.0 Å². The Balaban J connectivity index is 1.75. The number of carbonyl (C=O) groups excluding carboxylic acids is 2. The summed E-state index contributed by atoms with van der Waals surface area (Å²) in [6.45, 7) is 5.41. The van der Waals surface area contributed by atoms with Crippen molar-refractivity contribution in [3.05, 3.63) is 80.8 Å². The summed E-state index contributed by atoms with van der Waals surface area (Å²) in [4.78, 5) is 24.8.